The predicted molar refractivity (Wildman–Crippen MR) is 93.4 cm³/mol. The van der Waals surface area contributed by atoms with Crippen LogP contribution in [0.25, 0.3) is 0 Å². The van der Waals surface area contributed by atoms with Crippen molar-refractivity contribution in [3.8, 4) is 0 Å². The van der Waals surface area contributed by atoms with Crippen LogP contribution in [0, 0.1) is 11.6 Å². The Morgan fingerprint density at radius 2 is 1.81 bits per heavy atom. The van der Waals surface area contributed by atoms with E-state index >= 15 is 0 Å². The second-order valence-corrected chi connectivity index (χ2v) is 9.43. The lowest BCUT2D eigenvalue weighted by Crippen LogP contribution is -2.48. The number of aromatic nitrogens is 2. The molecule has 148 valence electrons. The number of sulfonamides is 1. The molecule has 2 aromatic rings. The molecule has 1 saturated heterocycles. The van der Waals surface area contributed by atoms with Gasteiger partial charge in [0.2, 0.25) is 15.9 Å². The fraction of sp³-hybridized carbons (Fsp3) is 0.529. The normalized spacial score (nSPS) is 17.4. The van der Waals surface area contributed by atoms with Crippen molar-refractivity contribution in [3.63, 3.8) is 0 Å². The maximum absolute atomic E-state index is 13.9. The average Bonchev–Trinajstić information content (AvgIpc) is 3.04. The second-order valence-electron chi connectivity index (χ2n) is 7.52. The molecule has 1 aliphatic heterocycles. The Morgan fingerprint density at radius 3 is 2.37 bits per heavy atom. The minimum Gasteiger partial charge on any atom is -0.339 e. The Bertz CT molecular complexity index is 917. The lowest BCUT2D eigenvalue weighted by molar-refractivity contribution is 0.176. The largest absolute Gasteiger partial charge is 0.339 e. The van der Waals surface area contributed by atoms with Gasteiger partial charge in [-0.1, -0.05) is 25.9 Å². The van der Waals surface area contributed by atoms with E-state index in [4.69, 9.17) is 4.52 Å². The van der Waals surface area contributed by atoms with Crippen LogP contribution in [-0.4, -0.2) is 53.9 Å². The molecule has 0 aliphatic carbocycles. The number of benzene rings is 1. The Kier molecular flexibility index (Phi) is 5.33. The molecule has 1 fully saturated rings. The lowest BCUT2D eigenvalue weighted by Gasteiger charge is -2.33. The molecule has 3 rings (SSSR count). The number of piperazine rings is 1. The third kappa shape index (κ3) is 4.33. The first kappa shape index (κ1) is 19.8. The van der Waals surface area contributed by atoms with Gasteiger partial charge in [0.1, 0.15) is 16.5 Å². The van der Waals surface area contributed by atoms with E-state index < -0.39 is 26.6 Å². The second kappa shape index (κ2) is 7.25. The van der Waals surface area contributed by atoms with Gasteiger partial charge >= 0.3 is 0 Å². The number of rotatable bonds is 4. The summed E-state index contributed by atoms with van der Waals surface area (Å²) in [5.41, 5.74) is -0.239. The van der Waals surface area contributed by atoms with Crippen molar-refractivity contribution in [1.29, 1.82) is 0 Å². The summed E-state index contributed by atoms with van der Waals surface area (Å²) < 4.78 is 58.6. The maximum Gasteiger partial charge on any atom is 0.246 e. The molecule has 0 bridgehead atoms. The van der Waals surface area contributed by atoms with Crippen molar-refractivity contribution in [1.82, 2.24) is 19.3 Å². The molecule has 10 heteroatoms. The molecule has 1 aliphatic rings. The fourth-order valence-corrected chi connectivity index (χ4v) is 4.24. The molecule has 0 N–H and O–H groups in total. The van der Waals surface area contributed by atoms with E-state index in [1.54, 1.807) is 0 Å². The summed E-state index contributed by atoms with van der Waals surface area (Å²) in [6.07, 6.45) is 0. The molecule has 27 heavy (non-hydrogen) atoms. The first-order chi connectivity index (χ1) is 12.6. The SMILES string of the molecule is CC(C)(C)c1nc(CN2CCN(S(=O)(=O)c3ccc(F)cc3F)CC2)no1. The first-order valence-electron chi connectivity index (χ1n) is 8.58. The first-order valence-corrected chi connectivity index (χ1v) is 10.0. The highest BCUT2D eigenvalue weighted by molar-refractivity contribution is 7.89. The van der Waals surface area contributed by atoms with Gasteiger partial charge in [0.15, 0.2) is 5.82 Å². The van der Waals surface area contributed by atoms with E-state index in [1.165, 1.54) is 4.31 Å². The van der Waals surface area contributed by atoms with Crippen LogP contribution >= 0.6 is 0 Å². The van der Waals surface area contributed by atoms with Crippen LogP contribution in [0.1, 0.15) is 32.5 Å². The van der Waals surface area contributed by atoms with E-state index in [0.717, 1.165) is 12.1 Å². The van der Waals surface area contributed by atoms with Crippen molar-refractivity contribution in [2.75, 3.05) is 26.2 Å². The van der Waals surface area contributed by atoms with Crippen molar-refractivity contribution >= 4 is 10.0 Å². The molecule has 0 spiro atoms. The van der Waals surface area contributed by atoms with Crippen LogP contribution in [-0.2, 0) is 22.0 Å². The molecule has 7 nitrogen and oxygen atoms in total. The zero-order chi connectivity index (χ0) is 19.8. The van der Waals surface area contributed by atoms with Crippen molar-refractivity contribution in [2.45, 2.75) is 37.6 Å². The monoisotopic (exact) mass is 400 g/mol. The highest BCUT2D eigenvalue weighted by Gasteiger charge is 2.31. The third-order valence-corrected chi connectivity index (χ3v) is 6.25. The summed E-state index contributed by atoms with van der Waals surface area (Å²) in [5.74, 6) is -0.809. The minimum atomic E-state index is -4.01. The maximum atomic E-state index is 13.9. The standard InChI is InChI=1S/C17H22F2N4O3S/c1-17(2,3)16-20-15(21-26-16)11-22-6-8-23(9-7-22)27(24,25)14-5-4-12(18)10-13(14)19/h4-5,10H,6-9,11H2,1-3H3. The Labute approximate surface area is 157 Å². The van der Waals surface area contributed by atoms with Gasteiger partial charge in [-0.3, -0.25) is 4.90 Å². The van der Waals surface area contributed by atoms with Gasteiger partial charge in [0, 0.05) is 37.7 Å². The van der Waals surface area contributed by atoms with Crippen molar-refractivity contribution in [3.05, 3.63) is 41.5 Å². The van der Waals surface area contributed by atoms with Crippen LogP contribution in [0.5, 0.6) is 0 Å². The summed E-state index contributed by atoms with van der Waals surface area (Å²) in [6.45, 7) is 7.65. The quantitative estimate of drug-likeness (QED) is 0.783. The van der Waals surface area contributed by atoms with E-state index in [9.17, 15) is 17.2 Å². The summed E-state index contributed by atoms with van der Waals surface area (Å²) in [5, 5.41) is 3.97. The van der Waals surface area contributed by atoms with Gasteiger partial charge in [-0.25, -0.2) is 17.2 Å². The van der Waals surface area contributed by atoms with Crippen LogP contribution < -0.4 is 0 Å². The summed E-state index contributed by atoms with van der Waals surface area (Å²) >= 11 is 0. The van der Waals surface area contributed by atoms with Gasteiger partial charge < -0.3 is 4.52 Å². The molecule has 0 unspecified atom stereocenters. The summed E-state index contributed by atoms with van der Waals surface area (Å²) in [6, 6.07) is 2.47. The highest BCUT2D eigenvalue weighted by atomic mass is 32.2. The van der Waals surface area contributed by atoms with Gasteiger partial charge in [-0.05, 0) is 12.1 Å². The zero-order valence-electron chi connectivity index (χ0n) is 15.4. The molecule has 0 saturated carbocycles. The van der Waals surface area contributed by atoms with E-state index in [0.29, 0.717) is 37.4 Å². The number of hydrogen-bond donors (Lipinski definition) is 0. The molecule has 2 heterocycles. The van der Waals surface area contributed by atoms with Gasteiger partial charge in [-0.15, -0.1) is 0 Å². The molecule has 1 aromatic heterocycles. The van der Waals surface area contributed by atoms with Gasteiger partial charge in [0.25, 0.3) is 0 Å². The van der Waals surface area contributed by atoms with Gasteiger partial charge in [0.05, 0.1) is 6.54 Å². The lowest BCUT2D eigenvalue weighted by atomic mass is 9.97. The molecular formula is C17H22F2N4O3S. The van der Waals surface area contributed by atoms with E-state index in [1.807, 2.05) is 25.7 Å². The number of hydrogen-bond acceptors (Lipinski definition) is 6. The van der Waals surface area contributed by atoms with Crippen molar-refractivity contribution < 1.29 is 21.7 Å². The predicted octanol–water partition coefficient (Wildman–Crippen LogP) is 2.15. The van der Waals surface area contributed by atoms with Crippen molar-refractivity contribution in [2.24, 2.45) is 0 Å². The number of halogens is 2. The smallest absolute Gasteiger partial charge is 0.246 e. The molecule has 0 radical (unpaired) electrons. The average molecular weight is 400 g/mol. The van der Waals surface area contributed by atoms with Crippen LogP contribution in [0.3, 0.4) is 0 Å². The Morgan fingerprint density at radius 1 is 1.15 bits per heavy atom. The van der Waals surface area contributed by atoms with Crippen LogP contribution in [0.4, 0.5) is 8.78 Å². The van der Waals surface area contributed by atoms with Crippen LogP contribution in [0.15, 0.2) is 27.6 Å². The topological polar surface area (TPSA) is 79.5 Å². The summed E-state index contributed by atoms with van der Waals surface area (Å²) in [7, 11) is -4.01. The third-order valence-electron chi connectivity index (χ3n) is 4.32. The minimum absolute atomic E-state index is 0.198. The number of nitrogens with zero attached hydrogens (tertiary/aromatic N) is 4. The summed E-state index contributed by atoms with van der Waals surface area (Å²) in [4.78, 5) is 5.87. The Balaban J connectivity index is 1.64. The highest BCUT2D eigenvalue weighted by Crippen LogP contribution is 2.23. The molecule has 1 aromatic carbocycles. The van der Waals surface area contributed by atoms with E-state index in [2.05, 4.69) is 10.1 Å². The Hall–Kier alpha value is -1.91. The fourth-order valence-electron chi connectivity index (χ4n) is 2.77. The molecule has 0 amide bonds. The zero-order valence-corrected chi connectivity index (χ0v) is 16.3. The van der Waals surface area contributed by atoms with E-state index in [-0.39, 0.29) is 18.5 Å². The molecule has 0 atom stereocenters. The van der Waals surface area contributed by atoms with Crippen LogP contribution in [0.2, 0.25) is 0 Å². The molecular weight excluding hydrogens is 378 g/mol. The van der Waals surface area contributed by atoms with Gasteiger partial charge in [-0.2, -0.15) is 9.29 Å².